The third kappa shape index (κ3) is 3.25. The minimum atomic E-state index is -0.804. The molecular formula is C12H11N3O3S. The summed E-state index contributed by atoms with van der Waals surface area (Å²) in [6.07, 6.45) is 3.23. The number of Topliss-reactive ketones (excluding diaryl/α,β-unsaturated/α-hetero) is 2. The van der Waals surface area contributed by atoms with Crippen molar-refractivity contribution in [2.75, 3.05) is 0 Å². The van der Waals surface area contributed by atoms with Gasteiger partial charge in [-0.05, 0) is 37.7 Å². The van der Waals surface area contributed by atoms with E-state index in [-0.39, 0.29) is 16.8 Å². The highest BCUT2D eigenvalue weighted by Gasteiger charge is 2.24. The Balaban J connectivity index is 2.18. The first-order valence-corrected chi connectivity index (χ1v) is 6.37. The molecule has 0 fully saturated rings. The third-order valence-corrected chi connectivity index (χ3v) is 3.54. The molecule has 0 atom stereocenters. The van der Waals surface area contributed by atoms with Crippen molar-refractivity contribution >= 4 is 23.3 Å². The molecule has 2 aromatic rings. The molecule has 98 valence electrons. The van der Waals surface area contributed by atoms with Crippen LogP contribution in [0.3, 0.4) is 0 Å². The highest BCUT2D eigenvalue weighted by Crippen LogP contribution is 2.26. The van der Waals surface area contributed by atoms with Crippen LogP contribution < -0.4 is 0 Å². The van der Waals surface area contributed by atoms with Gasteiger partial charge in [0.05, 0.1) is 5.56 Å². The first kappa shape index (κ1) is 13.4. The zero-order chi connectivity index (χ0) is 13.8. The van der Waals surface area contributed by atoms with Gasteiger partial charge in [-0.2, -0.15) is 0 Å². The van der Waals surface area contributed by atoms with Crippen molar-refractivity contribution in [2.45, 2.75) is 24.3 Å². The molecule has 0 aliphatic rings. The summed E-state index contributed by atoms with van der Waals surface area (Å²) in [5.74, 6) is -0.168. The molecule has 19 heavy (non-hydrogen) atoms. The Kier molecular flexibility index (Phi) is 4.06. The minimum Gasteiger partial charge on any atom is -0.411 e. The molecule has 0 spiro atoms. The van der Waals surface area contributed by atoms with E-state index in [0.717, 1.165) is 11.8 Å². The second kappa shape index (κ2) is 5.75. The summed E-state index contributed by atoms with van der Waals surface area (Å²) in [5.41, 5.74) is 0.684. The van der Waals surface area contributed by atoms with Crippen LogP contribution >= 0.6 is 11.8 Å². The Morgan fingerprint density at radius 1 is 1.26 bits per heavy atom. The Bertz CT molecular complexity index is 583. The number of hydrogen-bond donors (Lipinski definition) is 0. The predicted octanol–water partition coefficient (Wildman–Crippen LogP) is 1.77. The number of rotatable bonds is 5. The number of pyridine rings is 1. The largest absolute Gasteiger partial charge is 0.411 e. The van der Waals surface area contributed by atoms with Crippen molar-refractivity contribution in [3.05, 3.63) is 24.5 Å². The lowest BCUT2D eigenvalue weighted by Crippen LogP contribution is -2.22. The van der Waals surface area contributed by atoms with Crippen LogP contribution in [0.2, 0.25) is 0 Å². The molecule has 0 saturated carbocycles. The first-order valence-electron chi connectivity index (χ1n) is 5.49. The lowest BCUT2D eigenvalue weighted by atomic mass is 10.2. The number of ketones is 2. The molecule has 0 aliphatic heterocycles. The van der Waals surface area contributed by atoms with Gasteiger partial charge in [0.15, 0.2) is 11.6 Å². The molecule has 2 rings (SSSR count). The van der Waals surface area contributed by atoms with Crippen LogP contribution in [0.5, 0.6) is 0 Å². The van der Waals surface area contributed by atoms with E-state index in [9.17, 15) is 9.59 Å². The summed E-state index contributed by atoms with van der Waals surface area (Å²) < 4.78 is 5.40. The molecule has 2 heterocycles. The zero-order valence-electron chi connectivity index (χ0n) is 10.4. The molecule has 0 N–H and O–H groups in total. The fourth-order valence-electron chi connectivity index (χ4n) is 1.42. The number of hydrogen-bond acceptors (Lipinski definition) is 7. The van der Waals surface area contributed by atoms with E-state index < -0.39 is 5.25 Å². The second-order valence-corrected chi connectivity index (χ2v) is 4.89. The summed E-state index contributed by atoms with van der Waals surface area (Å²) in [5, 5.41) is 7.05. The van der Waals surface area contributed by atoms with Gasteiger partial charge in [-0.3, -0.25) is 14.6 Å². The quantitative estimate of drug-likeness (QED) is 0.608. The molecule has 0 radical (unpaired) electrons. The molecule has 7 heteroatoms. The average molecular weight is 277 g/mol. The maximum atomic E-state index is 11.3. The highest BCUT2D eigenvalue weighted by molar-refractivity contribution is 8.01. The molecule has 0 unspecified atom stereocenters. The summed E-state index contributed by atoms with van der Waals surface area (Å²) in [7, 11) is 0. The van der Waals surface area contributed by atoms with Crippen LogP contribution in [-0.4, -0.2) is 32.0 Å². The van der Waals surface area contributed by atoms with Gasteiger partial charge in [0.1, 0.15) is 5.25 Å². The average Bonchev–Trinajstić information content (AvgIpc) is 2.85. The smallest absolute Gasteiger partial charge is 0.278 e. The summed E-state index contributed by atoms with van der Waals surface area (Å²) in [6.45, 7) is 2.72. The number of nitrogens with zero attached hydrogens (tertiary/aromatic N) is 3. The summed E-state index contributed by atoms with van der Waals surface area (Å²) >= 11 is 0.961. The number of carbonyl (C=O) groups excluding carboxylic acids is 2. The van der Waals surface area contributed by atoms with E-state index >= 15 is 0 Å². The van der Waals surface area contributed by atoms with Gasteiger partial charge in [-0.15, -0.1) is 10.2 Å². The summed E-state index contributed by atoms with van der Waals surface area (Å²) in [4.78, 5) is 26.6. The molecule has 6 nitrogen and oxygen atoms in total. The van der Waals surface area contributed by atoms with Crippen LogP contribution in [0.4, 0.5) is 0 Å². The lowest BCUT2D eigenvalue weighted by Gasteiger charge is -2.05. The maximum Gasteiger partial charge on any atom is 0.278 e. The summed E-state index contributed by atoms with van der Waals surface area (Å²) in [6, 6.07) is 3.53. The van der Waals surface area contributed by atoms with Gasteiger partial charge < -0.3 is 4.42 Å². The van der Waals surface area contributed by atoms with E-state index in [4.69, 9.17) is 4.42 Å². The van der Waals surface area contributed by atoms with Gasteiger partial charge >= 0.3 is 0 Å². The second-order valence-electron chi connectivity index (χ2n) is 3.83. The maximum absolute atomic E-state index is 11.3. The first-order chi connectivity index (χ1) is 9.08. The van der Waals surface area contributed by atoms with E-state index in [1.165, 1.54) is 13.8 Å². The molecule has 0 saturated heterocycles. The fourth-order valence-corrected chi connectivity index (χ4v) is 2.16. The standard InChI is InChI=1S/C12H11N3O3S/c1-7(16)10(8(2)17)19-12-15-14-11(18-12)9-4-3-5-13-6-9/h3-6,10H,1-2H3. The number of carbonyl (C=O) groups is 2. The Morgan fingerprint density at radius 3 is 2.58 bits per heavy atom. The van der Waals surface area contributed by atoms with E-state index in [2.05, 4.69) is 15.2 Å². The van der Waals surface area contributed by atoms with E-state index in [1.807, 2.05) is 0 Å². The Morgan fingerprint density at radius 2 is 2.00 bits per heavy atom. The SMILES string of the molecule is CC(=O)C(Sc1nnc(-c2cccnc2)o1)C(C)=O. The topological polar surface area (TPSA) is 85.9 Å². The van der Waals surface area contributed by atoms with Crippen molar-refractivity contribution in [3.63, 3.8) is 0 Å². The van der Waals surface area contributed by atoms with Crippen molar-refractivity contribution in [1.29, 1.82) is 0 Å². The predicted molar refractivity (Wildman–Crippen MR) is 68.5 cm³/mol. The molecule has 0 amide bonds. The number of thioether (sulfide) groups is 1. The molecule has 0 bridgehead atoms. The van der Waals surface area contributed by atoms with Gasteiger partial charge in [0.25, 0.3) is 5.22 Å². The zero-order valence-corrected chi connectivity index (χ0v) is 11.2. The van der Waals surface area contributed by atoms with Gasteiger partial charge in [0.2, 0.25) is 5.89 Å². The molecule has 0 aromatic carbocycles. The monoisotopic (exact) mass is 277 g/mol. The fraction of sp³-hybridized carbons (Fsp3) is 0.250. The highest BCUT2D eigenvalue weighted by atomic mass is 32.2. The number of aromatic nitrogens is 3. The minimum absolute atomic E-state index is 0.189. The molecular weight excluding hydrogens is 266 g/mol. The third-order valence-electron chi connectivity index (χ3n) is 2.27. The van der Waals surface area contributed by atoms with Gasteiger partial charge in [-0.25, -0.2) is 0 Å². The van der Waals surface area contributed by atoms with E-state index in [0.29, 0.717) is 11.5 Å². The van der Waals surface area contributed by atoms with Crippen LogP contribution in [-0.2, 0) is 9.59 Å². The van der Waals surface area contributed by atoms with Gasteiger partial charge in [-0.1, -0.05) is 0 Å². The van der Waals surface area contributed by atoms with Crippen LogP contribution in [0, 0.1) is 0 Å². The van der Waals surface area contributed by atoms with Crippen LogP contribution in [0.15, 0.2) is 34.2 Å². The van der Waals surface area contributed by atoms with Crippen molar-refractivity contribution in [2.24, 2.45) is 0 Å². The lowest BCUT2D eigenvalue weighted by molar-refractivity contribution is -0.123. The Labute approximate surface area is 113 Å². The van der Waals surface area contributed by atoms with E-state index in [1.54, 1.807) is 24.5 Å². The van der Waals surface area contributed by atoms with Crippen LogP contribution in [0.25, 0.3) is 11.5 Å². The normalized spacial score (nSPS) is 10.7. The van der Waals surface area contributed by atoms with Crippen molar-refractivity contribution < 1.29 is 14.0 Å². The Hall–Kier alpha value is -2.02. The molecule has 0 aliphatic carbocycles. The molecule has 2 aromatic heterocycles. The van der Waals surface area contributed by atoms with Crippen molar-refractivity contribution in [1.82, 2.24) is 15.2 Å². The van der Waals surface area contributed by atoms with Crippen LogP contribution in [0.1, 0.15) is 13.8 Å². The van der Waals surface area contributed by atoms with Crippen molar-refractivity contribution in [3.8, 4) is 11.5 Å². The van der Waals surface area contributed by atoms with Gasteiger partial charge in [0, 0.05) is 12.4 Å².